The summed E-state index contributed by atoms with van der Waals surface area (Å²) in [6.07, 6.45) is 2.00. The number of hydrogen-bond acceptors (Lipinski definition) is 5. The third kappa shape index (κ3) is 2.22. The minimum atomic E-state index is -3.94. The highest BCUT2D eigenvalue weighted by Gasteiger charge is 2.23. The Bertz CT molecular complexity index is 1180. The first-order chi connectivity index (χ1) is 11.4. The summed E-state index contributed by atoms with van der Waals surface area (Å²) < 4.78 is 26.0. The highest BCUT2D eigenvalue weighted by atomic mass is 32.2. The number of hydrogen-bond donors (Lipinski definition) is 2. The van der Waals surface area contributed by atoms with Crippen LogP contribution in [0.5, 0.6) is 0 Å². The summed E-state index contributed by atoms with van der Waals surface area (Å²) in [6, 6.07) is 10.8. The molecule has 0 atom stereocenters. The minimum Gasteiger partial charge on any atom is -0.225 e. The van der Waals surface area contributed by atoms with Crippen molar-refractivity contribution in [3.8, 4) is 22.5 Å². The quantitative estimate of drug-likeness (QED) is 0.596. The number of nitrogens with two attached hydrogens (primary N) is 1. The van der Waals surface area contributed by atoms with Crippen LogP contribution < -0.4 is 20.3 Å². The third-order valence-corrected chi connectivity index (χ3v) is 4.91. The summed E-state index contributed by atoms with van der Waals surface area (Å²) in [4.78, 5) is -0.0369. The van der Waals surface area contributed by atoms with Gasteiger partial charge in [-0.2, -0.15) is 9.79 Å². The van der Waals surface area contributed by atoms with Crippen molar-refractivity contribution in [1.82, 2.24) is 25.2 Å². The fraction of sp³-hybridized carbons (Fsp3) is 0.0667. The van der Waals surface area contributed by atoms with Gasteiger partial charge >= 0.3 is 0 Å². The molecule has 24 heavy (non-hydrogen) atoms. The third-order valence-electron chi connectivity index (χ3n) is 3.95. The van der Waals surface area contributed by atoms with E-state index in [-0.39, 0.29) is 10.7 Å². The summed E-state index contributed by atoms with van der Waals surface area (Å²) in [6.45, 7) is 0. The summed E-state index contributed by atoms with van der Waals surface area (Å²) in [5.41, 5.74) is 1.86. The highest BCUT2D eigenvalue weighted by molar-refractivity contribution is 7.89. The fourth-order valence-electron chi connectivity index (χ4n) is 2.87. The molecular weight excluding hydrogens is 328 g/mol. The zero-order valence-electron chi connectivity index (χ0n) is 12.6. The Morgan fingerprint density at radius 2 is 2.04 bits per heavy atom. The normalized spacial score (nSPS) is 13.2. The monoisotopic (exact) mass is 341 g/mol. The number of benzene rings is 2. The van der Waals surface area contributed by atoms with Crippen LogP contribution in [0.2, 0.25) is 0 Å². The molecule has 0 spiro atoms. The van der Waals surface area contributed by atoms with Gasteiger partial charge in [-0.1, -0.05) is 12.1 Å². The first kappa shape index (κ1) is 14.7. The molecule has 9 heteroatoms. The number of tetrazole rings is 1. The molecular formula is C15H13N6O2S+. The Kier molecular flexibility index (Phi) is 3.08. The molecule has 0 aliphatic carbocycles. The van der Waals surface area contributed by atoms with Gasteiger partial charge in [0.1, 0.15) is 12.3 Å². The van der Waals surface area contributed by atoms with Gasteiger partial charge < -0.3 is 0 Å². The first-order valence-corrected chi connectivity index (χ1v) is 8.61. The van der Waals surface area contributed by atoms with Gasteiger partial charge in [-0.25, -0.2) is 13.6 Å². The van der Waals surface area contributed by atoms with Gasteiger partial charge in [0.25, 0.3) is 0 Å². The molecule has 1 aliphatic heterocycles. The Morgan fingerprint density at radius 1 is 1.21 bits per heavy atom. The van der Waals surface area contributed by atoms with E-state index in [4.69, 9.17) is 5.14 Å². The summed E-state index contributed by atoms with van der Waals surface area (Å²) in [5, 5.41) is 21.3. The largest absolute Gasteiger partial charge is 0.238 e. The molecule has 3 aromatic rings. The van der Waals surface area contributed by atoms with E-state index in [1.165, 1.54) is 6.07 Å². The maximum Gasteiger partial charge on any atom is 0.238 e. The van der Waals surface area contributed by atoms with Gasteiger partial charge in [-0.15, -0.1) is 10.2 Å². The maximum absolute atomic E-state index is 12.0. The lowest BCUT2D eigenvalue weighted by atomic mass is 9.98. The minimum absolute atomic E-state index is 0.0369. The number of rotatable bonds is 3. The van der Waals surface area contributed by atoms with Gasteiger partial charge in [0.2, 0.25) is 21.2 Å². The molecule has 0 unspecified atom stereocenters. The molecule has 120 valence electrons. The lowest BCUT2D eigenvalue weighted by Gasteiger charge is -2.11. The summed E-state index contributed by atoms with van der Waals surface area (Å²) >= 11 is 0. The molecule has 0 saturated heterocycles. The molecule has 0 radical (unpaired) electrons. The Morgan fingerprint density at radius 3 is 2.67 bits per heavy atom. The van der Waals surface area contributed by atoms with Crippen molar-refractivity contribution >= 4 is 16.2 Å². The van der Waals surface area contributed by atoms with E-state index in [0.29, 0.717) is 11.1 Å². The lowest BCUT2D eigenvalue weighted by molar-refractivity contribution is 0.598. The van der Waals surface area contributed by atoms with Crippen LogP contribution in [-0.2, 0) is 10.0 Å². The predicted octanol–water partition coefficient (Wildman–Crippen LogP) is -0.946. The fourth-order valence-corrected chi connectivity index (χ4v) is 3.62. The SMILES string of the molecule is C[N+]1=c2ccc(-c3cccc(S(N)(=O)=O)c3-c3nn[nH]n3)cc2=C1. The molecule has 4 rings (SSSR count). The number of aromatic amines is 1. The second-order valence-electron chi connectivity index (χ2n) is 5.47. The maximum atomic E-state index is 12.0. The van der Waals surface area contributed by atoms with Crippen LogP contribution in [0.3, 0.4) is 0 Å². The lowest BCUT2D eigenvalue weighted by Crippen LogP contribution is -2.44. The second-order valence-corrected chi connectivity index (χ2v) is 7.00. The Hall–Kier alpha value is -2.91. The first-order valence-electron chi connectivity index (χ1n) is 7.07. The number of H-pyrrole nitrogens is 1. The van der Waals surface area contributed by atoms with Crippen molar-refractivity contribution in [1.29, 1.82) is 0 Å². The number of sulfonamides is 1. The highest BCUT2D eigenvalue weighted by Crippen LogP contribution is 2.34. The number of aromatic nitrogens is 4. The zero-order valence-corrected chi connectivity index (χ0v) is 13.4. The van der Waals surface area contributed by atoms with Crippen LogP contribution in [0.4, 0.5) is 0 Å². The number of nitrogens with one attached hydrogen (secondary N) is 1. The summed E-state index contributed by atoms with van der Waals surface area (Å²) in [7, 11) is -1.97. The molecule has 0 saturated carbocycles. The Labute approximate surface area is 137 Å². The van der Waals surface area contributed by atoms with Crippen molar-refractivity contribution < 1.29 is 8.42 Å². The standard InChI is InChI=1S/C15H13N6O2S/c1-21-8-10-7-9(5-6-12(10)21)11-3-2-4-13(24(16,22)23)14(11)15-17-19-20-18-15/h2-8H,1H3,(H2,16,22,23)(H,17,18,19,20)/q+1. The van der Waals surface area contributed by atoms with Crippen LogP contribution >= 0.6 is 0 Å². The number of fused-ring (bicyclic) bond motifs is 1. The van der Waals surface area contributed by atoms with Crippen molar-refractivity contribution in [3.05, 3.63) is 47.0 Å². The van der Waals surface area contributed by atoms with Crippen molar-refractivity contribution in [3.63, 3.8) is 0 Å². The van der Waals surface area contributed by atoms with Crippen LogP contribution in [0, 0.1) is 0 Å². The molecule has 3 N–H and O–H groups in total. The molecule has 8 nitrogen and oxygen atoms in total. The van der Waals surface area contributed by atoms with E-state index in [1.807, 2.05) is 42.1 Å². The molecule has 1 aromatic heterocycles. The average molecular weight is 341 g/mol. The number of primary sulfonamides is 1. The van der Waals surface area contributed by atoms with E-state index in [2.05, 4.69) is 20.6 Å². The van der Waals surface area contributed by atoms with E-state index >= 15 is 0 Å². The van der Waals surface area contributed by atoms with E-state index in [0.717, 1.165) is 16.1 Å². The Balaban J connectivity index is 2.04. The predicted molar refractivity (Wildman–Crippen MR) is 87.3 cm³/mol. The number of nitrogens with zero attached hydrogens (tertiary/aromatic N) is 4. The van der Waals surface area contributed by atoms with Crippen LogP contribution in [0.25, 0.3) is 28.7 Å². The molecule has 2 heterocycles. The van der Waals surface area contributed by atoms with Crippen molar-refractivity contribution in [2.75, 3.05) is 7.05 Å². The van der Waals surface area contributed by atoms with Crippen LogP contribution in [0.15, 0.2) is 41.3 Å². The average Bonchev–Trinajstić information content (AvgIpc) is 3.06. The van der Waals surface area contributed by atoms with Crippen LogP contribution in [-0.4, -0.2) is 36.1 Å². The molecule has 0 amide bonds. The smallest absolute Gasteiger partial charge is 0.225 e. The van der Waals surface area contributed by atoms with Gasteiger partial charge in [0.15, 0.2) is 6.20 Å². The zero-order chi connectivity index (χ0) is 16.9. The molecule has 2 aromatic carbocycles. The van der Waals surface area contributed by atoms with Crippen molar-refractivity contribution in [2.45, 2.75) is 4.90 Å². The molecule has 0 fully saturated rings. The molecule has 0 bridgehead atoms. The van der Waals surface area contributed by atoms with Crippen molar-refractivity contribution in [2.24, 2.45) is 5.14 Å². The van der Waals surface area contributed by atoms with E-state index in [9.17, 15) is 8.42 Å². The van der Waals surface area contributed by atoms with Gasteiger partial charge in [0, 0.05) is 6.07 Å². The second kappa shape index (κ2) is 5.05. The van der Waals surface area contributed by atoms with Gasteiger partial charge in [0.05, 0.1) is 10.5 Å². The summed E-state index contributed by atoms with van der Waals surface area (Å²) in [5.74, 6) is 0.179. The van der Waals surface area contributed by atoms with Gasteiger partial charge in [-0.3, -0.25) is 0 Å². The topological polar surface area (TPSA) is 118 Å². The van der Waals surface area contributed by atoms with Gasteiger partial charge in [-0.05, 0) is 34.5 Å². The van der Waals surface area contributed by atoms with Crippen LogP contribution in [0.1, 0.15) is 0 Å². The van der Waals surface area contributed by atoms with E-state index in [1.54, 1.807) is 6.07 Å². The van der Waals surface area contributed by atoms with E-state index < -0.39 is 10.0 Å². The molecule has 1 aliphatic rings.